The van der Waals surface area contributed by atoms with Crippen LogP contribution in [0.5, 0.6) is 0 Å². The second-order valence-corrected chi connectivity index (χ2v) is 4.57. The van der Waals surface area contributed by atoms with Crippen LogP contribution in [-0.4, -0.2) is 21.3 Å². The van der Waals surface area contributed by atoms with Crippen molar-refractivity contribution in [2.75, 3.05) is 0 Å². The van der Waals surface area contributed by atoms with Crippen molar-refractivity contribution in [3.8, 4) is 0 Å². The van der Waals surface area contributed by atoms with Crippen molar-refractivity contribution >= 4 is 46.7 Å². The number of amides is 1. The number of hydrogen-bond donors (Lipinski definition) is 2. The molecule has 1 aliphatic rings. The first-order chi connectivity index (χ1) is 5.82. The van der Waals surface area contributed by atoms with Crippen molar-refractivity contribution in [3.63, 3.8) is 0 Å². The number of ether oxygens (including phenoxy) is 1. The number of esters is 1. The molecule has 1 rings (SSSR count). The molecule has 0 saturated heterocycles. The summed E-state index contributed by atoms with van der Waals surface area (Å²) in [7, 11) is 0. The van der Waals surface area contributed by atoms with Crippen molar-refractivity contribution < 1.29 is 14.3 Å². The van der Waals surface area contributed by atoms with Crippen molar-refractivity contribution in [3.05, 3.63) is 0 Å². The van der Waals surface area contributed by atoms with Crippen LogP contribution >= 0.6 is 34.8 Å². The number of halogens is 3. The molecule has 0 radical (unpaired) electrons. The molecular formula is C5H5Cl3N2O3. The van der Waals surface area contributed by atoms with Crippen LogP contribution in [0, 0.1) is 0 Å². The fraction of sp³-hybridized carbons (Fsp3) is 0.600. The van der Waals surface area contributed by atoms with Crippen LogP contribution in [0.25, 0.3) is 0 Å². The molecule has 0 heterocycles. The zero-order valence-corrected chi connectivity index (χ0v) is 8.41. The summed E-state index contributed by atoms with van der Waals surface area (Å²) in [4.78, 5) is 21.4. The Morgan fingerprint density at radius 2 is 1.85 bits per heavy atom. The first-order valence-corrected chi connectivity index (χ1v) is 4.26. The Morgan fingerprint density at radius 3 is 2.15 bits per heavy atom. The van der Waals surface area contributed by atoms with Gasteiger partial charge in [-0.1, -0.05) is 34.8 Å². The standard InChI is InChI=1S/C5H5Cl3N2O3/c6-4(7)1-5(4,8)13-3(12)2(11)10-9/h1,9H2,(H,10,11). The number of carbonyl (C=O) groups excluding carboxylic acids is 2. The third-order valence-corrected chi connectivity index (χ3v) is 3.05. The normalized spacial score (nSPS) is 29.2. The molecule has 3 N–H and O–H groups in total. The summed E-state index contributed by atoms with van der Waals surface area (Å²) < 4.78 is 3.15. The molecule has 1 atom stereocenters. The molecule has 74 valence electrons. The Morgan fingerprint density at radius 1 is 1.38 bits per heavy atom. The van der Waals surface area contributed by atoms with Gasteiger partial charge in [-0.05, 0) is 0 Å². The number of alkyl halides is 3. The summed E-state index contributed by atoms with van der Waals surface area (Å²) in [6.07, 6.45) is 0.0637. The van der Waals surface area contributed by atoms with E-state index >= 15 is 0 Å². The average molecular weight is 247 g/mol. The Hall–Kier alpha value is -0.230. The molecule has 0 aliphatic heterocycles. The molecule has 1 unspecified atom stereocenters. The van der Waals surface area contributed by atoms with Gasteiger partial charge in [-0.25, -0.2) is 10.6 Å². The third kappa shape index (κ3) is 1.99. The highest BCUT2D eigenvalue weighted by atomic mass is 35.5. The van der Waals surface area contributed by atoms with Crippen molar-refractivity contribution in [2.45, 2.75) is 15.8 Å². The van der Waals surface area contributed by atoms with Gasteiger partial charge in [0.15, 0.2) is 4.33 Å². The quantitative estimate of drug-likeness (QED) is 0.171. The number of carbonyl (C=O) groups is 2. The van der Waals surface area contributed by atoms with Gasteiger partial charge >= 0.3 is 11.9 Å². The Bertz CT molecular complexity index is 270. The van der Waals surface area contributed by atoms with E-state index in [4.69, 9.17) is 34.8 Å². The summed E-state index contributed by atoms with van der Waals surface area (Å²) in [5.41, 5.74) is 1.58. The van der Waals surface area contributed by atoms with Crippen LogP contribution < -0.4 is 11.3 Å². The highest BCUT2D eigenvalue weighted by Crippen LogP contribution is 2.61. The minimum atomic E-state index is -1.51. The number of rotatable bonds is 1. The summed E-state index contributed by atoms with van der Waals surface area (Å²) in [5.74, 6) is 2.33. The van der Waals surface area contributed by atoms with Gasteiger partial charge in [-0.3, -0.25) is 10.2 Å². The number of hydrogen-bond acceptors (Lipinski definition) is 4. The lowest BCUT2D eigenvalue weighted by atomic mass is 10.6. The summed E-state index contributed by atoms with van der Waals surface area (Å²) >= 11 is 16.7. The molecule has 13 heavy (non-hydrogen) atoms. The Labute approximate surface area is 88.4 Å². The number of nitrogens with two attached hydrogens (primary N) is 1. The van der Waals surface area contributed by atoms with Crippen LogP contribution in [0.1, 0.15) is 6.42 Å². The molecule has 1 fully saturated rings. The lowest BCUT2D eigenvalue weighted by molar-refractivity contribution is -0.157. The van der Waals surface area contributed by atoms with Crippen LogP contribution in [0.2, 0.25) is 0 Å². The Kier molecular flexibility index (Phi) is 2.64. The molecule has 1 amide bonds. The zero-order chi connectivity index (χ0) is 10.3. The average Bonchev–Trinajstić information content (AvgIpc) is 2.48. The third-order valence-electron chi connectivity index (χ3n) is 1.44. The summed E-state index contributed by atoms with van der Waals surface area (Å²) in [6, 6.07) is 0. The van der Waals surface area contributed by atoms with Crippen LogP contribution in [0.3, 0.4) is 0 Å². The van der Waals surface area contributed by atoms with E-state index in [9.17, 15) is 9.59 Å². The predicted octanol–water partition coefficient (Wildman–Crippen LogP) is 0.0322. The van der Waals surface area contributed by atoms with Crippen LogP contribution in [0.15, 0.2) is 0 Å². The fourth-order valence-corrected chi connectivity index (χ4v) is 1.47. The molecule has 0 aromatic carbocycles. The Balaban J connectivity index is 2.52. The van der Waals surface area contributed by atoms with Gasteiger partial charge in [0.25, 0.3) is 0 Å². The van der Waals surface area contributed by atoms with E-state index in [-0.39, 0.29) is 6.42 Å². The van der Waals surface area contributed by atoms with Crippen molar-refractivity contribution in [1.29, 1.82) is 0 Å². The summed E-state index contributed by atoms with van der Waals surface area (Å²) in [6.45, 7) is 0. The van der Waals surface area contributed by atoms with Gasteiger partial charge in [0, 0.05) is 6.42 Å². The van der Waals surface area contributed by atoms with Crippen molar-refractivity contribution in [2.24, 2.45) is 5.84 Å². The predicted molar refractivity (Wildman–Crippen MR) is 46.1 cm³/mol. The van der Waals surface area contributed by atoms with Gasteiger partial charge < -0.3 is 4.74 Å². The SMILES string of the molecule is NNC(=O)C(=O)OC1(Cl)CC1(Cl)Cl. The molecule has 1 aliphatic carbocycles. The van der Waals surface area contributed by atoms with Gasteiger partial charge in [-0.2, -0.15) is 0 Å². The van der Waals surface area contributed by atoms with E-state index < -0.39 is 21.3 Å². The van der Waals surface area contributed by atoms with Crippen molar-refractivity contribution in [1.82, 2.24) is 5.43 Å². The minimum Gasteiger partial charge on any atom is -0.432 e. The minimum absolute atomic E-state index is 0.0637. The van der Waals surface area contributed by atoms with E-state index in [1.54, 1.807) is 5.43 Å². The fourth-order valence-electron chi connectivity index (χ4n) is 0.604. The number of nitrogens with one attached hydrogen (secondary N) is 1. The largest absolute Gasteiger partial charge is 0.432 e. The van der Waals surface area contributed by atoms with Gasteiger partial charge in [0.05, 0.1) is 0 Å². The molecule has 8 heteroatoms. The van der Waals surface area contributed by atoms with E-state index in [0.717, 1.165) is 0 Å². The second kappa shape index (κ2) is 3.16. The molecule has 0 spiro atoms. The van der Waals surface area contributed by atoms with E-state index in [1.807, 2.05) is 0 Å². The second-order valence-electron chi connectivity index (χ2n) is 2.47. The maximum absolute atomic E-state index is 10.8. The number of hydrazine groups is 1. The topological polar surface area (TPSA) is 81.4 Å². The highest BCUT2D eigenvalue weighted by molar-refractivity contribution is 6.57. The lowest BCUT2D eigenvalue weighted by Crippen LogP contribution is -2.39. The zero-order valence-electron chi connectivity index (χ0n) is 6.14. The summed E-state index contributed by atoms with van der Waals surface area (Å²) in [5, 5.41) is -1.51. The van der Waals surface area contributed by atoms with Crippen LogP contribution in [-0.2, 0) is 14.3 Å². The molecule has 0 bridgehead atoms. The first-order valence-electron chi connectivity index (χ1n) is 3.13. The maximum Gasteiger partial charge on any atom is 0.400 e. The maximum atomic E-state index is 10.8. The molecular weight excluding hydrogens is 242 g/mol. The van der Waals surface area contributed by atoms with Crippen LogP contribution in [0.4, 0.5) is 0 Å². The molecule has 5 nitrogen and oxygen atoms in total. The van der Waals surface area contributed by atoms with Gasteiger partial charge in [0.1, 0.15) is 0 Å². The van der Waals surface area contributed by atoms with E-state index in [0.29, 0.717) is 0 Å². The molecule has 0 aromatic rings. The monoisotopic (exact) mass is 246 g/mol. The first kappa shape index (κ1) is 10.8. The van der Waals surface area contributed by atoms with Gasteiger partial charge in [-0.15, -0.1) is 0 Å². The molecule has 0 aromatic heterocycles. The molecule has 1 saturated carbocycles. The highest BCUT2D eigenvalue weighted by Gasteiger charge is 2.70. The van der Waals surface area contributed by atoms with E-state index in [2.05, 4.69) is 10.6 Å². The lowest BCUT2D eigenvalue weighted by Gasteiger charge is -2.09. The van der Waals surface area contributed by atoms with Gasteiger partial charge in [0.2, 0.25) is 5.06 Å². The smallest absolute Gasteiger partial charge is 0.400 e. The van der Waals surface area contributed by atoms with E-state index in [1.165, 1.54) is 0 Å².